The van der Waals surface area contributed by atoms with Crippen molar-refractivity contribution in [2.75, 3.05) is 5.32 Å². The zero-order valence-electron chi connectivity index (χ0n) is 14.5. The second kappa shape index (κ2) is 6.92. The van der Waals surface area contributed by atoms with Gasteiger partial charge in [-0.05, 0) is 54.7 Å². The Labute approximate surface area is 147 Å². The van der Waals surface area contributed by atoms with Crippen LogP contribution in [-0.4, -0.2) is 38.2 Å². The Balaban J connectivity index is 1.46. The van der Waals surface area contributed by atoms with Gasteiger partial charge in [0.2, 0.25) is 5.91 Å². The second-order valence-corrected chi connectivity index (χ2v) is 6.99. The first-order chi connectivity index (χ1) is 12.2. The minimum absolute atomic E-state index is 0.0571. The van der Waals surface area contributed by atoms with E-state index in [2.05, 4.69) is 26.2 Å². The number of amides is 1. The monoisotopic (exact) mass is 340 g/mol. The highest BCUT2D eigenvalue weighted by Gasteiger charge is 2.38. The molecule has 2 N–H and O–H groups in total. The standard InChI is InChI=1S/C18H24N6O/c1-2-24-17(21-22-23-24)13-7-5-8-14(10-13)19-18(25)16-11-12-6-3-4-9-15(12)20-16/h5,7-8,10,12,15-16,20H,2-4,6,9,11H2,1H3,(H,19,25). The number of carbonyl (C=O) groups is 1. The Morgan fingerprint density at radius 2 is 2.24 bits per heavy atom. The summed E-state index contributed by atoms with van der Waals surface area (Å²) in [5, 5.41) is 18.4. The molecule has 1 saturated heterocycles. The van der Waals surface area contributed by atoms with E-state index < -0.39 is 0 Å². The fourth-order valence-electron chi connectivity index (χ4n) is 4.11. The van der Waals surface area contributed by atoms with Gasteiger partial charge in [-0.2, -0.15) is 0 Å². The highest BCUT2D eigenvalue weighted by atomic mass is 16.2. The summed E-state index contributed by atoms with van der Waals surface area (Å²) in [7, 11) is 0. The van der Waals surface area contributed by atoms with Crippen molar-refractivity contribution in [3.63, 3.8) is 0 Å². The summed E-state index contributed by atoms with van der Waals surface area (Å²) in [6, 6.07) is 8.14. The van der Waals surface area contributed by atoms with Gasteiger partial charge in [0.05, 0.1) is 6.04 Å². The topological polar surface area (TPSA) is 84.7 Å². The maximum Gasteiger partial charge on any atom is 0.241 e. The smallest absolute Gasteiger partial charge is 0.241 e. The average Bonchev–Trinajstić information content (AvgIpc) is 3.28. The summed E-state index contributed by atoms with van der Waals surface area (Å²) >= 11 is 0. The van der Waals surface area contributed by atoms with Gasteiger partial charge in [-0.1, -0.05) is 25.0 Å². The van der Waals surface area contributed by atoms with Crippen molar-refractivity contribution in [1.29, 1.82) is 0 Å². The lowest BCUT2D eigenvalue weighted by atomic mass is 9.85. The predicted octanol–water partition coefficient (Wildman–Crippen LogP) is 2.22. The molecule has 2 heterocycles. The van der Waals surface area contributed by atoms with Gasteiger partial charge in [0.25, 0.3) is 0 Å². The van der Waals surface area contributed by atoms with Gasteiger partial charge in [0.15, 0.2) is 5.82 Å². The lowest BCUT2D eigenvalue weighted by Gasteiger charge is -2.24. The van der Waals surface area contributed by atoms with E-state index in [4.69, 9.17) is 0 Å². The molecule has 0 radical (unpaired) electrons. The maximum absolute atomic E-state index is 12.7. The zero-order valence-corrected chi connectivity index (χ0v) is 14.5. The molecule has 1 amide bonds. The minimum Gasteiger partial charge on any atom is -0.325 e. The molecule has 132 valence electrons. The molecule has 4 rings (SSSR count). The summed E-state index contributed by atoms with van der Waals surface area (Å²) in [6.07, 6.45) is 5.96. The Morgan fingerprint density at radius 1 is 1.36 bits per heavy atom. The molecule has 2 fully saturated rings. The normalized spacial score (nSPS) is 25.6. The molecule has 1 aliphatic heterocycles. The van der Waals surface area contributed by atoms with Crippen LogP contribution in [0.3, 0.4) is 0 Å². The molecular formula is C18H24N6O. The minimum atomic E-state index is -0.0854. The fourth-order valence-corrected chi connectivity index (χ4v) is 4.11. The number of hydrogen-bond donors (Lipinski definition) is 2. The largest absolute Gasteiger partial charge is 0.325 e. The summed E-state index contributed by atoms with van der Waals surface area (Å²) in [5.74, 6) is 1.43. The first-order valence-electron chi connectivity index (χ1n) is 9.18. The Bertz CT molecular complexity index is 744. The number of benzene rings is 1. The van der Waals surface area contributed by atoms with Crippen LogP contribution >= 0.6 is 0 Å². The average molecular weight is 340 g/mol. The molecule has 7 heteroatoms. The Kier molecular flexibility index (Phi) is 4.48. The molecule has 0 bridgehead atoms. The third-order valence-corrected chi connectivity index (χ3v) is 5.40. The third kappa shape index (κ3) is 3.28. The number of fused-ring (bicyclic) bond motifs is 1. The quantitative estimate of drug-likeness (QED) is 0.891. The zero-order chi connectivity index (χ0) is 17.2. The van der Waals surface area contributed by atoms with Crippen molar-refractivity contribution >= 4 is 11.6 Å². The number of hydrogen-bond acceptors (Lipinski definition) is 5. The Morgan fingerprint density at radius 3 is 3.08 bits per heavy atom. The van der Waals surface area contributed by atoms with Crippen molar-refractivity contribution < 1.29 is 4.79 Å². The van der Waals surface area contributed by atoms with Crippen molar-refractivity contribution in [3.8, 4) is 11.4 Å². The molecule has 1 aromatic heterocycles. The van der Waals surface area contributed by atoms with E-state index in [1.807, 2.05) is 31.2 Å². The number of nitrogens with zero attached hydrogens (tertiary/aromatic N) is 4. The molecule has 25 heavy (non-hydrogen) atoms. The van der Waals surface area contributed by atoms with Crippen LogP contribution in [0.1, 0.15) is 39.0 Å². The van der Waals surface area contributed by atoms with Crippen molar-refractivity contribution in [1.82, 2.24) is 25.5 Å². The third-order valence-electron chi connectivity index (χ3n) is 5.40. The van der Waals surface area contributed by atoms with Crippen LogP contribution in [0.5, 0.6) is 0 Å². The van der Waals surface area contributed by atoms with Crippen molar-refractivity contribution in [2.24, 2.45) is 5.92 Å². The molecule has 1 aliphatic carbocycles. The van der Waals surface area contributed by atoms with Gasteiger partial charge in [0.1, 0.15) is 0 Å². The van der Waals surface area contributed by atoms with Crippen LogP contribution < -0.4 is 10.6 Å². The fraction of sp³-hybridized carbons (Fsp3) is 0.556. The molecule has 0 spiro atoms. The molecular weight excluding hydrogens is 316 g/mol. The van der Waals surface area contributed by atoms with Crippen LogP contribution in [0.2, 0.25) is 0 Å². The first-order valence-corrected chi connectivity index (χ1v) is 9.18. The molecule has 3 atom stereocenters. The lowest BCUT2D eigenvalue weighted by molar-refractivity contribution is -0.117. The van der Waals surface area contributed by atoms with E-state index in [-0.39, 0.29) is 11.9 Å². The second-order valence-electron chi connectivity index (χ2n) is 6.99. The van der Waals surface area contributed by atoms with Crippen molar-refractivity contribution in [2.45, 2.75) is 57.7 Å². The lowest BCUT2D eigenvalue weighted by Crippen LogP contribution is -2.39. The SMILES string of the molecule is CCn1nnnc1-c1cccc(NC(=O)C2CC3CCCCC3N2)c1. The first kappa shape index (κ1) is 16.2. The highest BCUT2D eigenvalue weighted by Crippen LogP contribution is 2.33. The van der Waals surface area contributed by atoms with Gasteiger partial charge < -0.3 is 10.6 Å². The molecule has 1 aromatic carbocycles. The van der Waals surface area contributed by atoms with Gasteiger partial charge >= 0.3 is 0 Å². The summed E-state index contributed by atoms with van der Waals surface area (Å²) in [6.45, 7) is 2.70. The predicted molar refractivity (Wildman–Crippen MR) is 94.8 cm³/mol. The number of aromatic nitrogens is 4. The maximum atomic E-state index is 12.7. The molecule has 1 saturated carbocycles. The van der Waals surface area contributed by atoms with E-state index in [0.717, 1.165) is 17.7 Å². The summed E-state index contributed by atoms with van der Waals surface area (Å²) in [4.78, 5) is 12.7. The van der Waals surface area contributed by atoms with Gasteiger partial charge in [-0.3, -0.25) is 4.79 Å². The van der Waals surface area contributed by atoms with E-state index >= 15 is 0 Å². The number of aryl methyl sites for hydroxylation is 1. The summed E-state index contributed by atoms with van der Waals surface area (Å²) in [5.41, 5.74) is 1.68. The number of nitrogens with one attached hydrogen (secondary N) is 2. The van der Waals surface area contributed by atoms with E-state index in [1.54, 1.807) is 4.68 Å². The highest BCUT2D eigenvalue weighted by molar-refractivity contribution is 5.95. The van der Waals surface area contributed by atoms with Crippen LogP contribution in [0.25, 0.3) is 11.4 Å². The molecule has 2 aliphatic rings. The van der Waals surface area contributed by atoms with E-state index in [1.165, 1.54) is 25.7 Å². The molecule has 2 aromatic rings. The van der Waals surface area contributed by atoms with E-state index in [0.29, 0.717) is 24.3 Å². The van der Waals surface area contributed by atoms with Gasteiger partial charge in [-0.25, -0.2) is 4.68 Å². The Hall–Kier alpha value is -2.28. The number of carbonyl (C=O) groups excluding carboxylic acids is 1. The van der Waals surface area contributed by atoms with Crippen LogP contribution in [0.15, 0.2) is 24.3 Å². The van der Waals surface area contributed by atoms with Crippen LogP contribution in [0.4, 0.5) is 5.69 Å². The van der Waals surface area contributed by atoms with Crippen LogP contribution in [-0.2, 0) is 11.3 Å². The van der Waals surface area contributed by atoms with Gasteiger partial charge in [-0.15, -0.1) is 5.10 Å². The molecule has 7 nitrogen and oxygen atoms in total. The number of rotatable bonds is 4. The molecule has 3 unspecified atom stereocenters. The van der Waals surface area contributed by atoms with Crippen LogP contribution in [0, 0.1) is 5.92 Å². The number of anilines is 1. The van der Waals surface area contributed by atoms with E-state index in [9.17, 15) is 4.79 Å². The number of tetrazole rings is 1. The summed E-state index contributed by atoms with van der Waals surface area (Å²) < 4.78 is 1.74. The van der Waals surface area contributed by atoms with Crippen molar-refractivity contribution in [3.05, 3.63) is 24.3 Å². The van der Waals surface area contributed by atoms with Gasteiger partial charge in [0, 0.05) is 23.8 Å².